The van der Waals surface area contributed by atoms with Gasteiger partial charge in [0, 0.05) is 6.04 Å². The van der Waals surface area contributed by atoms with Crippen LogP contribution < -0.4 is 10.9 Å². The van der Waals surface area contributed by atoms with E-state index in [0.717, 1.165) is 12.8 Å². The van der Waals surface area contributed by atoms with Crippen LogP contribution in [0.4, 0.5) is 0 Å². The molecule has 1 unspecified atom stereocenters. The number of rotatable bonds is 9. The number of thioether (sulfide) groups is 1. The fraction of sp³-hybridized carbons (Fsp3) is 0.240. The van der Waals surface area contributed by atoms with Gasteiger partial charge < -0.3 is 9.73 Å². The van der Waals surface area contributed by atoms with Crippen LogP contribution in [0.25, 0.3) is 10.9 Å². The number of nitrogens with one attached hydrogen (secondary N) is 1. The summed E-state index contributed by atoms with van der Waals surface area (Å²) in [5.74, 6) is 0.756. The number of benzene rings is 2. The van der Waals surface area contributed by atoms with Crippen molar-refractivity contribution >= 4 is 28.6 Å². The Balaban J connectivity index is 1.43. The van der Waals surface area contributed by atoms with Gasteiger partial charge in [-0.25, -0.2) is 4.98 Å². The Bertz CT molecular complexity index is 1240. The molecule has 0 radical (unpaired) electrons. The number of carbonyl (C=O) groups excluding carboxylic acids is 1. The number of hydrogen-bond acceptors (Lipinski definition) is 5. The first-order valence-corrected chi connectivity index (χ1v) is 11.6. The third-order valence-electron chi connectivity index (χ3n) is 5.17. The largest absolute Gasteiger partial charge is 0.467 e. The highest BCUT2D eigenvalue weighted by molar-refractivity contribution is 7.99. The van der Waals surface area contributed by atoms with Crippen molar-refractivity contribution < 1.29 is 9.21 Å². The molecule has 2 heterocycles. The van der Waals surface area contributed by atoms with E-state index < -0.39 is 0 Å². The van der Waals surface area contributed by atoms with Crippen LogP contribution in [0, 0.1) is 0 Å². The van der Waals surface area contributed by atoms with E-state index in [1.807, 2.05) is 49.4 Å². The van der Waals surface area contributed by atoms with Gasteiger partial charge in [-0.1, -0.05) is 54.2 Å². The fourth-order valence-electron chi connectivity index (χ4n) is 3.50. The van der Waals surface area contributed by atoms with E-state index >= 15 is 0 Å². The first kappa shape index (κ1) is 21.9. The number of amides is 1. The normalized spacial score (nSPS) is 12.0. The summed E-state index contributed by atoms with van der Waals surface area (Å²) < 4.78 is 6.99. The van der Waals surface area contributed by atoms with Crippen molar-refractivity contribution in [3.8, 4) is 0 Å². The van der Waals surface area contributed by atoms with Crippen LogP contribution in [-0.2, 0) is 17.8 Å². The van der Waals surface area contributed by atoms with Crippen LogP contribution in [0.2, 0.25) is 0 Å². The van der Waals surface area contributed by atoms with Crippen LogP contribution >= 0.6 is 11.8 Å². The minimum Gasteiger partial charge on any atom is -0.467 e. The minimum absolute atomic E-state index is 0.0539. The van der Waals surface area contributed by atoms with E-state index in [4.69, 9.17) is 4.42 Å². The Hall–Kier alpha value is -3.32. The molecule has 164 valence electrons. The molecule has 0 aliphatic heterocycles. The fourth-order valence-corrected chi connectivity index (χ4v) is 4.31. The van der Waals surface area contributed by atoms with E-state index in [1.54, 1.807) is 23.0 Å². The Morgan fingerprint density at radius 1 is 1.09 bits per heavy atom. The van der Waals surface area contributed by atoms with Gasteiger partial charge >= 0.3 is 0 Å². The quantitative estimate of drug-likeness (QED) is 0.306. The monoisotopic (exact) mass is 447 g/mol. The third kappa shape index (κ3) is 5.48. The maximum absolute atomic E-state index is 13.1. The number of hydrogen-bond donors (Lipinski definition) is 1. The molecule has 1 amide bonds. The maximum atomic E-state index is 13.1. The third-order valence-corrected chi connectivity index (χ3v) is 6.15. The van der Waals surface area contributed by atoms with Gasteiger partial charge in [0.25, 0.3) is 5.56 Å². The molecule has 4 aromatic rings. The van der Waals surface area contributed by atoms with Gasteiger partial charge in [-0.05, 0) is 49.6 Å². The number of aryl methyl sites for hydroxylation is 1. The first-order chi connectivity index (χ1) is 15.6. The van der Waals surface area contributed by atoms with E-state index in [-0.39, 0.29) is 29.8 Å². The number of nitrogens with zero attached hydrogens (tertiary/aromatic N) is 2. The molecule has 0 bridgehead atoms. The first-order valence-electron chi connectivity index (χ1n) is 10.6. The summed E-state index contributed by atoms with van der Waals surface area (Å²) in [6.45, 7) is 2.27. The molecule has 6 nitrogen and oxygen atoms in total. The van der Waals surface area contributed by atoms with Gasteiger partial charge in [-0.2, -0.15) is 0 Å². The zero-order chi connectivity index (χ0) is 22.3. The molecule has 7 heteroatoms. The predicted molar refractivity (Wildman–Crippen MR) is 127 cm³/mol. The van der Waals surface area contributed by atoms with E-state index in [2.05, 4.69) is 22.4 Å². The topological polar surface area (TPSA) is 77.1 Å². The Morgan fingerprint density at radius 3 is 2.66 bits per heavy atom. The van der Waals surface area contributed by atoms with E-state index in [1.165, 1.54) is 17.3 Å². The molecule has 0 spiro atoms. The highest BCUT2D eigenvalue weighted by Crippen LogP contribution is 2.19. The second kappa shape index (κ2) is 10.3. The Kier molecular flexibility index (Phi) is 7.07. The lowest BCUT2D eigenvalue weighted by molar-refractivity contribution is -0.119. The molecule has 0 aliphatic rings. The smallest absolute Gasteiger partial charge is 0.262 e. The summed E-state index contributed by atoms with van der Waals surface area (Å²) in [5.41, 5.74) is 1.73. The average Bonchev–Trinajstić information content (AvgIpc) is 3.32. The molecule has 0 fully saturated rings. The molecule has 0 saturated heterocycles. The van der Waals surface area contributed by atoms with Gasteiger partial charge in [-0.3, -0.25) is 14.2 Å². The van der Waals surface area contributed by atoms with Crippen LogP contribution in [-0.4, -0.2) is 27.3 Å². The molecule has 2 aromatic heterocycles. The van der Waals surface area contributed by atoms with E-state index in [0.29, 0.717) is 21.8 Å². The van der Waals surface area contributed by atoms with Crippen LogP contribution in [0.1, 0.15) is 24.7 Å². The lowest BCUT2D eigenvalue weighted by Gasteiger charge is -2.15. The SMILES string of the molecule is CC(CCc1ccccc1)NC(=O)CSc1nc2ccccc2c(=O)n1Cc1ccco1. The molecule has 1 N–H and O–H groups in total. The number of fused-ring (bicyclic) bond motifs is 1. The maximum Gasteiger partial charge on any atom is 0.262 e. The van der Waals surface area contributed by atoms with Gasteiger partial charge in [-0.15, -0.1) is 0 Å². The summed E-state index contributed by atoms with van der Waals surface area (Å²) >= 11 is 1.26. The van der Waals surface area contributed by atoms with E-state index in [9.17, 15) is 9.59 Å². The zero-order valence-electron chi connectivity index (χ0n) is 17.9. The number of para-hydroxylation sites is 1. The Labute approximate surface area is 190 Å². The lowest BCUT2D eigenvalue weighted by Crippen LogP contribution is -2.34. The molecule has 1 atom stereocenters. The molecule has 32 heavy (non-hydrogen) atoms. The predicted octanol–water partition coefficient (Wildman–Crippen LogP) is 4.27. The molecule has 0 saturated carbocycles. The van der Waals surface area contributed by atoms with Gasteiger partial charge in [0.15, 0.2) is 5.16 Å². The van der Waals surface area contributed by atoms with Gasteiger partial charge in [0.2, 0.25) is 5.91 Å². The van der Waals surface area contributed by atoms with Crippen LogP contribution in [0.15, 0.2) is 87.4 Å². The highest BCUT2D eigenvalue weighted by atomic mass is 32.2. The van der Waals surface area contributed by atoms with Crippen molar-refractivity contribution in [3.05, 3.63) is 94.7 Å². The molecule has 2 aromatic carbocycles. The van der Waals surface area contributed by atoms with Gasteiger partial charge in [0.1, 0.15) is 5.76 Å². The van der Waals surface area contributed by atoms with Crippen LogP contribution in [0.5, 0.6) is 0 Å². The molecule has 0 aliphatic carbocycles. The summed E-state index contributed by atoms with van der Waals surface area (Å²) in [6.07, 6.45) is 3.34. The lowest BCUT2D eigenvalue weighted by atomic mass is 10.1. The molecular formula is C25H25N3O3S. The summed E-state index contributed by atoms with van der Waals surface area (Å²) in [6, 6.07) is 21.1. The van der Waals surface area contributed by atoms with Crippen molar-refractivity contribution in [2.24, 2.45) is 0 Å². The van der Waals surface area contributed by atoms with Crippen molar-refractivity contribution in [3.63, 3.8) is 0 Å². The average molecular weight is 448 g/mol. The number of aromatic nitrogens is 2. The zero-order valence-corrected chi connectivity index (χ0v) is 18.7. The standard InChI is InChI=1S/C25H25N3O3S/c1-18(13-14-19-8-3-2-4-9-19)26-23(29)17-32-25-27-22-12-6-5-11-21(22)24(30)28(25)16-20-10-7-15-31-20/h2-12,15,18H,13-14,16-17H2,1H3,(H,26,29). The van der Waals surface area contributed by atoms with Crippen molar-refractivity contribution in [1.29, 1.82) is 0 Å². The van der Waals surface area contributed by atoms with Gasteiger partial charge in [0.05, 0.1) is 29.5 Å². The van der Waals surface area contributed by atoms with Crippen molar-refractivity contribution in [2.75, 3.05) is 5.75 Å². The summed E-state index contributed by atoms with van der Waals surface area (Å²) in [7, 11) is 0. The minimum atomic E-state index is -0.147. The number of carbonyl (C=O) groups is 1. The summed E-state index contributed by atoms with van der Waals surface area (Å²) in [4.78, 5) is 30.3. The highest BCUT2D eigenvalue weighted by Gasteiger charge is 2.15. The second-order valence-electron chi connectivity index (χ2n) is 7.66. The summed E-state index contributed by atoms with van der Waals surface area (Å²) in [5, 5.41) is 4.09. The number of furan rings is 1. The molecular weight excluding hydrogens is 422 g/mol. The molecule has 4 rings (SSSR count). The van der Waals surface area contributed by atoms with Crippen molar-refractivity contribution in [1.82, 2.24) is 14.9 Å². The van der Waals surface area contributed by atoms with Crippen LogP contribution in [0.3, 0.4) is 0 Å². The Morgan fingerprint density at radius 2 is 1.88 bits per heavy atom. The second-order valence-corrected chi connectivity index (χ2v) is 8.61. The van der Waals surface area contributed by atoms with Crippen molar-refractivity contribution in [2.45, 2.75) is 37.5 Å².